The molecule has 2 aromatic heterocycles. The summed E-state index contributed by atoms with van der Waals surface area (Å²) in [5.41, 5.74) is 2.69. The third kappa shape index (κ3) is 5.62. The molecule has 0 aliphatic carbocycles. The molecule has 0 radical (unpaired) electrons. The van der Waals surface area contributed by atoms with Crippen molar-refractivity contribution in [2.75, 3.05) is 21.3 Å². The molecule has 0 aliphatic rings. The predicted molar refractivity (Wildman–Crippen MR) is 131 cm³/mol. The van der Waals surface area contributed by atoms with Gasteiger partial charge < -0.3 is 21.3 Å². The number of carbonyl (C=O) groups is 2. The van der Waals surface area contributed by atoms with Gasteiger partial charge >= 0.3 is 0 Å². The highest BCUT2D eigenvalue weighted by Gasteiger charge is 2.14. The fourth-order valence-electron chi connectivity index (χ4n) is 3.08. The van der Waals surface area contributed by atoms with Crippen molar-refractivity contribution in [3.63, 3.8) is 0 Å². The largest absolute Gasteiger partial charge is 0.339 e. The number of aryl methyl sites for hydroxylation is 1. The average Bonchev–Trinajstić information content (AvgIpc) is 3.24. The van der Waals surface area contributed by atoms with E-state index in [9.17, 15) is 9.59 Å². The lowest BCUT2D eigenvalue weighted by Crippen LogP contribution is -2.15. The first kappa shape index (κ1) is 22.2. The van der Waals surface area contributed by atoms with Crippen molar-refractivity contribution in [2.45, 2.75) is 0 Å². The zero-order valence-corrected chi connectivity index (χ0v) is 18.3. The summed E-state index contributed by atoms with van der Waals surface area (Å²) in [4.78, 5) is 33.5. The van der Waals surface area contributed by atoms with Crippen LogP contribution in [0.1, 0.15) is 10.4 Å². The van der Waals surface area contributed by atoms with Crippen LogP contribution < -0.4 is 21.3 Å². The van der Waals surface area contributed by atoms with Gasteiger partial charge in [0, 0.05) is 30.8 Å². The SMILES string of the molecule is C=CC(=O)Nc1ccc(C(=O)Nc2ccccc2)c(Nc2ccnc(Nc3cnn(C)c3)n2)c1. The standard InChI is InChI=1S/C24H22N8O2/c1-3-22(33)27-17-9-10-19(23(34)28-16-7-5-4-6-8-16)20(13-17)30-21-11-12-25-24(31-21)29-18-14-26-32(2)15-18/h3-15H,1H2,2H3,(H,27,33)(H,28,34)(H2,25,29,30,31). The Morgan fingerprint density at radius 3 is 2.53 bits per heavy atom. The molecule has 4 N–H and O–H groups in total. The highest BCUT2D eigenvalue weighted by Crippen LogP contribution is 2.26. The molecular formula is C24H22N8O2. The fraction of sp³-hybridized carbons (Fsp3) is 0.0417. The van der Waals surface area contributed by atoms with E-state index in [2.05, 4.69) is 42.9 Å². The number of carbonyl (C=O) groups excluding carboxylic acids is 2. The number of hydrogen-bond acceptors (Lipinski definition) is 7. The van der Waals surface area contributed by atoms with E-state index in [0.29, 0.717) is 34.4 Å². The molecule has 10 heteroatoms. The molecule has 4 rings (SSSR count). The van der Waals surface area contributed by atoms with Crippen LogP contribution in [0.3, 0.4) is 0 Å². The molecule has 2 aromatic carbocycles. The minimum atomic E-state index is -0.363. The molecule has 2 heterocycles. The Hall–Kier alpha value is -4.99. The second-order valence-electron chi connectivity index (χ2n) is 7.19. The summed E-state index contributed by atoms with van der Waals surface area (Å²) in [5, 5.41) is 15.9. The van der Waals surface area contributed by atoms with Gasteiger partial charge in [-0.3, -0.25) is 14.3 Å². The van der Waals surface area contributed by atoms with Crippen molar-refractivity contribution in [3.8, 4) is 0 Å². The Kier molecular flexibility index (Phi) is 6.59. The van der Waals surface area contributed by atoms with Crippen molar-refractivity contribution in [2.24, 2.45) is 7.05 Å². The van der Waals surface area contributed by atoms with Crippen LogP contribution >= 0.6 is 0 Å². The molecule has 2 amide bonds. The van der Waals surface area contributed by atoms with Crippen LogP contribution in [0.5, 0.6) is 0 Å². The fourth-order valence-corrected chi connectivity index (χ4v) is 3.08. The van der Waals surface area contributed by atoms with Crippen molar-refractivity contribution < 1.29 is 9.59 Å². The average molecular weight is 454 g/mol. The van der Waals surface area contributed by atoms with Crippen molar-refractivity contribution in [3.05, 3.63) is 91.4 Å². The Morgan fingerprint density at radius 1 is 0.971 bits per heavy atom. The third-order valence-corrected chi connectivity index (χ3v) is 4.63. The van der Waals surface area contributed by atoms with Crippen LogP contribution in [-0.4, -0.2) is 31.6 Å². The number of hydrogen-bond donors (Lipinski definition) is 4. The van der Waals surface area contributed by atoms with Gasteiger partial charge in [0.2, 0.25) is 11.9 Å². The summed E-state index contributed by atoms with van der Waals surface area (Å²) in [6, 6.07) is 15.7. The molecule has 0 saturated carbocycles. The van der Waals surface area contributed by atoms with E-state index >= 15 is 0 Å². The normalized spacial score (nSPS) is 10.3. The van der Waals surface area contributed by atoms with Crippen LogP contribution in [0, 0.1) is 0 Å². The monoisotopic (exact) mass is 454 g/mol. The van der Waals surface area contributed by atoms with Crippen LogP contribution in [-0.2, 0) is 11.8 Å². The topological polar surface area (TPSA) is 126 Å². The molecule has 0 aliphatic heterocycles. The van der Waals surface area contributed by atoms with Gasteiger partial charge in [0.05, 0.1) is 23.1 Å². The summed E-state index contributed by atoms with van der Waals surface area (Å²) in [6.45, 7) is 3.46. The molecule has 0 spiro atoms. The second-order valence-corrected chi connectivity index (χ2v) is 7.19. The maximum atomic E-state index is 13.0. The molecule has 0 saturated heterocycles. The van der Waals surface area contributed by atoms with Gasteiger partial charge in [-0.25, -0.2) is 4.98 Å². The van der Waals surface area contributed by atoms with Crippen LogP contribution in [0.15, 0.2) is 85.8 Å². The molecule has 0 unspecified atom stereocenters. The molecule has 0 atom stereocenters. The minimum absolute atomic E-state index is 0.321. The lowest BCUT2D eigenvalue weighted by Gasteiger charge is -2.14. The van der Waals surface area contributed by atoms with Gasteiger partial charge in [-0.2, -0.15) is 10.1 Å². The smallest absolute Gasteiger partial charge is 0.257 e. The van der Waals surface area contributed by atoms with E-state index in [0.717, 1.165) is 5.69 Å². The molecule has 10 nitrogen and oxygen atoms in total. The lowest BCUT2D eigenvalue weighted by atomic mass is 10.1. The van der Waals surface area contributed by atoms with E-state index in [1.165, 1.54) is 6.08 Å². The summed E-state index contributed by atoms with van der Waals surface area (Å²) >= 11 is 0. The van der Waals surface area contributed by atoms with Gasteiger partial charge in [0.1, 0.15) is 5.82 Å². The number of aromatic nitrogens is 4. The van der Waals surface area contributed by atoms with Gasteiger partial charge in [0.15, 0.2) is 0 Å². The summed E-state index contributed by atoms with van der Waals surface area (Å²) < 4.78 is 1.66. The second kappa shape index (κ2) is 10.1. The summed E-state index contributed by atoms with van der Waals surface area (Å²) in [5.74, 6) is 0.113. The Balaban J connectivity index is 1.62. The highest BCUT2D eigenvalue weighted by molar-refractivity contribution is 6.09. The summed E-state index contributed by atoms with van der Waals surface area (Å²) in [6.07, 6.45) is 6.20. The van der Waals surface area contributed by atoms with Crippen LogP contribution in [0.25, 0.3) is 0 Å². The first-order valence-electron chi connectivity index (χ1n) is 10.3. The van der Waals surface area contributed by atoms with E-state index in [1.54, 1.807) is 59.7 Å². The maximum Gasteiger partial charge on any atom is 0.257 e. The van der Waals surface area contributed by atoms with Gasteiger partial charge in [-0.15, -0.1) is 0 Å². The van der Waals surface area contributed by atoms with E-state index in [1.807, 2.05) is 25.2 Å². The van der Waals surface area contributed by atoms with Gasteiger partial charge in [0.25, 0.3) is 5.91 Å². The number of nitrogens with zero attached hydrogens (tertiary/aromatic N) is 4. The van der Waals surface area contributed by atoms with E-state index < -0.39 is 0 Å². The molecule has 170 valence electrons. The quantitative estimate of drug-likeness (QED) is 0.296. The van der Waals surface area contributed by atoms with Crippen molar-refractivity contribution in [1.82, 2.24) is 19.7 Å². The van der Waals surface area contributed by atoms with Crippen LogP contribution in [0.2, 0.25) is 0 Å². The highest BCUT2D eigenvalue weighted by atomic mass is 16.2. The molecule has 4 aromatic rings. The van der Waals surface area contributed by atoms with Crippen molar-refractivity contribution >= 4 is 46.3 Å². The maximum absolute atomic E-state index is 13.0. The van der Waals surface area contributed by atoms with Crippen molar-refractivity contribution in [1.29, 1.82) is 0 Å². The first-order valence-corrected chi connectivity index (χ1v) is 10.3. The number of para-hydroxylation sites is 1. The predicted octanol–water partition coefficient (Wildman–Crippen LogP) is 4.07. The number of rotatable bonds is 8. The van der Waals surface area contributed by atoms with E-state index in [4.69, 9.17) is 0 Å². The number of nitrogens with one attached hydrogen (secondary N) is 4. The van der Waals surface area contributed by atoms with Gasteiger partial charge in [-0.1, -0.05) is 24.8 Å². The zero-order chi connectivity index (χ0) is 23.9. The first-order chi connectivity index (χ1) is 16.5. The summed E-state index contributed by atoms with van der Waals surface area (Å²) in [7, 11) is 1.81. The van der Waals surface area contributed by atoms with Gasteiger partial charge in [-0.05, 0) is 42.5 Å². The third-order valence-electron chi connectivity index (χ3n) is 4.63. The minimum Gasteiger partial charge on any atom is -0.339 e. The number of amides is 2. The van der Waals surface area contributed by atoms with E-state index in [-0.39, 0.29) is 11.8 Å². The molecule has 0 fully saturated rings. The molecule has 34 heavy (non-hydrogen) atoms. The molecule has 0 bridgehead atoms. The number of benzene rings is 2. The Labute approximate surface area is 195 Å². The molecular weight excluding hydrogens is 432 g/mol. The lowest BCUT2D eigenvalue weighted by molar-refractivity contribution is -0.111. The van der Waals surface area contributed by atoms with Crippen LogP contribution in [0.4, 0.5) is 34.5 Å². The zero-order valence-electron chi connectivity index (χ0n) is 18.3. The Morgan fingerprint density at radius 2 is 1.79 bits per heavy atom. The number of anilines is 6. The Bertz CT molecular complexity index is 1330.